The molecule has 8 nitrogen and oxygen atoms in total. The Balaban J connectivity index is 1.28. The highest BCUT2D eigenvalue weighted by Gasteiger charge is 2.25. The Labute approximate surface area is 174 Å². The normalized spacial score (nSPS) is 15.2. The molecule has 1 saturated heterocycles. The molecule has 0 aliphatic carbocycles. The topological polar surface area (TPSA) is 88.8 Å². The van der Waals surface area contributed by atoms with Crippen LogP contribution in [0.2, 0.25) is 0 Å². The number of nitrogens with zero attached hydrogens (tertiary/aromatic N) is 4. The number of piperidine rings is 1. The highest BCUT2D eigenvalue weighted by molar-refractivity contribution is 5.94. The van der Waals surface area contributed by atoms with Gasteiger partial charge in [0.15, 0.2) is 5.65 Å². The van der Waals surface area contributed by atoms with Crippen molar-refractivity contribution in [1.29, 1.82) is 0 Å². The van der Waals surface area contributed by atoms with Gasteiger partial charge in [-0.2, -0.15) is 0 Å². The van der Waals surface area contributed by atoms with Gasteiger partial charge in [0.05, 0.1) is 18.7 Å². The smallest absolute Gasteiger partial charge is 0.338 e. The summed E-state index contributed by atoms with van der Waals surface area (Å²) < 4.78 is 7.01. The van der Waals surface area contributed by atoms with E-state index in [2.05, 4.69) is 20.4 Å². The van der Waals surface area contributed by atoms with Gasteiger partial charge in [-0.15, -0.1) is 10.2 Å². The van der Waals surface area contributed by atoms with Crippen LogP contribution in [0.1, 0.15) is 41.9 Å². The number of esters is 1. The van der Waals surface area contributed by atoms with E-state index in [1.165, 1.54) is 0 Å². The van der Waals surface area contributed by atoms with E-state index in [4.69, 9.17) is 4.74 Å². The number of likely N-dealkylation sites (tertiary alicyclic amines) is 1. The molecular formula is C22H25N5O3. The lowest BCUT2D eigenvalue weighted by Gasteiger charge is -2.30. The summed E-state index contributed by atoms with van der Waals surface area (Å²) in [5, 5.41) is 11.5. The Hall–Kier alpha value is -3.26. The second-order valence-corrected chi connectivity index (χ2v) is 7.38. The fourth-order valence-corrected chi connectivity index (χ4v) is 3.80. The summed E-state index contributed by atoms with van der Waals surface area (Å²) >= 11 is 0. The number of nitrogens with one attached hydrogen (secondary N) is 1. The molecule has 3 aromatic rings. The van der Waals surface area contributed by atoms with Crippen molar-refractivity contribution in [3.8, 4) is 0 Å². The van der Waals surface area contributed by atoms with E-state index in [1.807, 2.05) is 28.8 Å². The van der Waals surface area contributed by atoms with Crippen molar-refractivity contribution >= 4 is 23.2 Å². The Bertz CT molecular complexity index is 1020. The Kier molecular flexibility index (Phi) is 6.04. The van der Waals surface area contributed by atoms with Gasteiger partial charge >= 0.3 is 5.97 Å². The van der Waals surface area contributed by atoms with Crippen molar-refractivity contribution < 1.29 is 14.3 Å². The van der Waals surface area contributed by atoms with Gasteiger partial charge in [-0.3, -0.25) is 14.1 Å². The summed E-state index contributed by atoms with van der Waals surface area (Å²) in [6, 6.07) is 12.6. The van der Waals surface area contributed by atoms with Gasteiger partial charge in [0.25, 0.3) is 0 Å². The lowest BCUT2D eigenvalue weighted by molar-refractivity contribution is -0.117. The number of carbonyl (C=O) groups excluding carboxylic acids is 2. The van der Waals surface area contributed by atoms with Crippen molar-refractivity contribution in [2.75, 3.05) is 31.6 Å². The van der Waals surface area contributed by atoms with E-state index in [9.17, 15) is 9.59 Å². The maximum atomic E-state index is 12.4. The molecule has 0 saturated carbocycles. The van der Waals surface area contributed by atoms with E-state index in [-0.39, 0.29) is 11.9 Å². The van der Waals surface area contributed by atoms with Crippen molar-refractivity contribution in [2.45, 2.75) is 25.7 Å². The number of hydrogen-bond acceptors (Lipinski definition) is 6. The number of anilines is 1. The van der Waals surface area contributed by atoms with E-state index >= 15 is 0 Å². The largest absolute Gasteiger partial charge is 0.462 e. The first-order chi connectivity index (χ1) is 14.6. The highest BCUT2D eigenvalue weighted by atomic mass is 16.5. The molecule has 0 spiro atoms. The number of benzene rings is 1. The summed E-state index contributed by atoms with van der Waals surface area (Å²) in [6.07, 6.45) is 3.88. The van der Waals surface area contributed by atoms with Crippen LogP contribution in [-0.2, 0) is 9.53 Å². The molecule has 1 aliphatic rings. The molecule has 1 N–H and O–H groups in total. The van der Waals surface area contributed by atoms with Crippen LogP contribution < -0.4 is 5.32 Å². The molecule has 0 bridgehead atoms. The third-order valence-electron chi connectivity index (χ3n) is 5.34. The molecular weight excluding hydrogens is 382 g/mol. The summed E-state index contributed by atoms with van der Waals surface area (Å²) in [6.45, 7) is 4.11. The lowest BCUT2D eigenvalue weighted by Crippen LogP contribution is -2.39. The molecule has 1 amide bonds. The Morgan fingerprint density at radius 1 is 1.10 bits per heavy atom. The Morgan fingerprint density at radius 2 is 1.87 bits per heavy atom. The molecule has 1 aliphatic heterocycles. The summed E-state index contributed by atoms with van der Waals surface area (Å²) in [5.74, 6) is 0.914. The first-order valence-electron chi connectivity index (χ1n) is 10.2. The van der Waals surface area contributed by atoms with Crippen molar-refractivity contribution in [3.05, 3.63) is 60.0 Å². The minimum Gasteiger partial charge on any atom is -0.462 e. The molecule has 3 heterocycles. The zero-order valence-electron chi connectivity index (χ0n) is 17.0. The summed E-state index contributed by atoms with van der Waals surface area (Å²) in [5.41, 5.74) is 2.00. The zero-order chi connectivity index (χ0) is 20.9. The maximum absolute atomic E-state index is 12.4. The number of pyridine rings is 1. The molecule has 0 radical (unpaired) electrons. The number of aromatic nitrogens is 3. The minimum absolute atomic E-state index is 0.0646. The van der Waals surface area contributed by atoms with E-state index < -0.39 is 0 Å². The molecule has 30 heavy (non-hydrogen) atoms. The van der Waals surface area contributed by atoms with Gasteiger partial charge in [0.1, 0.15) is 5.82 Å². The van der Waals surface area contributed by atoms with Crippen molar-refractivity contribution in [3.63, 3.8) is 0 Å². The fourth-order valence-electron chi connectivity index (χ4n) is 3.80. The molecule has 1 aromatic carbocycles. The van der Waals surface area contributed by atoms with Crippen LogP contribution in [0.15, 0.2) is 48.7 Å². The predicted molar refractivity (Wildman–Crippen MR) is 112 cm³/mol. The second kappa shape index (κ2) is 9.04. The van der Waals surface area contributed by atoms with Crippen LogP contribution in [0.3, 0.4) is 0 Å². The number of fused-ring (bicyclic) bond motifs is 1. The quantitative estimate of drug-likeness (QED) is 0.632. The average molecular weight is 407 g/mol. The first kappa shape index (κ1) is 20.0. The molecule has 2 aromatic heterocycles. The van der Waals surface area contributed by atoms with Gasteiger partial charge < -0.3 is 10.1 Å². The maximum Gasteiger partial charge on any atom is 0.338 e. The standard InChI is InChI=1S/C22H25N5O3/c1-2-30-22(29)17-6-8-18(9-7-17)23-20(28)15-26-13-10-16(11-14-26)21-25-24-19-5-3-4-12-27(19)21/h3-9,12,16H,2,10-11,13-15H2,1H3,(H,23,28). The number of amides is 1. The average Bonchev–Trinajstić information content (AvgIpc) is 3.19. The molecule has 4 rings (SSSR count). The Morgan fingerprint density at radius 3 is 2.60 bits per heavy atom. The van der Waals surface area contributed by atoms with Gasteiger partial charge in [-0.05, 0) is 69.3 Å². The lowest BCUT2D eigenvalue weighted by atomic mass is 9.96. The van der Waals surface area contributed by atoms with E-state index in [0.717, 1.165) is 37.4 Å². The highest BCUT2D eigenvalue weighted by Crippen LogP contribution is 2.27. The zero-order valence-corrected chi connectivity index (χ0v) is 17.0. The van der Waals surface area contributed by atoms with E-state index in [0.29, 0.717) is 30.3 Å². The van der Waals surface area contributed by atoms with Crippen LogP contribution in [0.5, 0.6) is 0 Å². The number of carbonyl (C=O) groups is 2. The van der Waals surface area contributed by atoms with Crippen molar-refractivity contribution in [1.82, 2.24) is 19.5 Å². The van der Waals surface area contributed by atoms with Crippen LogP contribution >= 0.6 is 0 Å². The van der Waals surface area contributed by atoms with Crippen LogP contribution in [0, 0.1) is 0 Å². The first-order valence-corrected chi connectivity index (χ1v) is 10.2. The van der Waals surface area contributed by atoms with Gasteiger partial charge in [0, 0.05) is 17.8 Å². The minimum atomic E-state index is -0.362. The third-order valence-corrected chi connectivity index (χ3v) is 5.34. The second-order valence-electron chi connectivity index (χ2n) is 7.38. The van der Waals surface area contributed by atoms with Gasteiger partial charge in [0.2, 0.25) is 5.91 Å². The summed E-state index contributed by atoms with van der Waals surface area (Å²) in [7, 11) is 0. The predicted octanol–water partition coefficient (Wildman–Crippen LogP) is 2.72. The van der Waals surface area contributed by atoms with Crippen LogP contribution in [0.25, 0.3) is 5.65 Å². The number of hydrogen-bond donors (Lipinski definition) is 1. The van der Waals surface area contributed by atoms with Crippen LogP contribution in [-0.4, -0.2) is 57.6 Å². The monoisotopic (exact) mass is 407 g/mol. The summed E-state index contributed by atoms with van der Waals surface area (Å²) in [4.78, 5) is 26.3. The molecule has 156 valence electrons. The molecule has 0 unspecified atom stereocenters. The molecule has 1 fully saturated rings. The number of rotatable bonds is 6. The fraction of sp³-hybridized carbons (Fsp3) is 0.364. The van der Waals surface area contributed by atoms with E-state index in [1.54, 1.807) is 31.2 Å². The molecule has 8 heteroatoms. The number of ether oxygens (including phenoxy) is 1. The van der Waals surface area contributed by atoms with Crippen molar-refractivity contribution in [2.24, 2.45) is 0 Å². The SMILES string of the molecule is CCOC(=O)c1ccc(NC(=O)CN2CCC(c3nnc4ccccn34)CC2)cc1. The van der Waals surface area contributed by atoms with Gasteiger partial charge in [-0.1, -0.05) is 6.07 Å². The van der Waals surface area contributed by atoms with Crippen LogP contribution in [0.4, 0.5) is 5.69 Å². The van der Waals surface area contributed by atoms with Gasteiger partial charge in [-0.25, -0.2) is 4.79 Å². The third kappa shape index (κ3) is 4.49. The molecule has 0 atom stereocenters.